The van der Waals surface area contributed by atoms with Crippen molar-refractivity contribution in [1.82, 2.24) is 4.98 Å². The molecule has 0 aliphatic carbocycles. The second-order valence-electron chi connectivity index (χ2n) is 6.77. The number of nitrogens with one attached hydrogen (secondary N) is 1. The molecular weight excluding hydrogens is 420 g/mol. The average molecular weight is 439 g/mol. The highest BCUT2D eigenvalue weighted by molar-refractivity contribution is 7.15. The monoisotopic (exact) mass is 438 g/mol. The van der Waals surface area contributed by atoms with Gasteiger partial charge in [0, 0.05) is 34.0 Å². The number of carbonyl (C=O) groups is 1. The molecule has 2 aromatic carbocycles. The molecule has 4 aromatic rings. The number of halogens is 1. The number of hydrogen-bond acceptors (Lipinski definition) is 5. The van der Waals surface area contributed by atoms with Gasteiger partial charge in [0.25, 0.3) is 0 Å². The highest BCUT2D eigenvalue weighted by atomic mass is 35.5. The summed E-state index contributed by atoms with van der Waals surface area (Å²) in [5.74, 6) is 1.07. The molecule has 0 aliphatic rings. The fourth-order valence-corrected chi connectivity index (χ4v) is 4.00. The Morgan fingerprint density at radius 2 is 2.13 bits per heavy atom. The first-order valence-electron chi connectivity index (χ1n) is 9.26. The first-order chi connectivity index (χ1) is 14.5. The van der Waals surface area contributed by atoms with E-state index in [9.17, 15) is 4.79 Å². The number of amides is 1. The van der Waals surface area contributed by atoms with E-state index >= 15 is 0 Å². The topological polar surface area (TPSA) is 64.4 Å². The minimum Gasteiger partial charge on any atom is -0.497 e. The smallest absolute Gasteiger partial charge is 0.250 e. The maximum atomic E-state index is 12.2. The maximum absolute atomic E-state index is 12.2. The fraction of sp³-hybridized carbons (Fsp3) is 0.130. The molecule has 0 saturated carbocycles. The summed E-state index contributed by atoms with van der Waals surface area (Å²) in [5, 5.41) is 5.00. The zero-order valence-electron chi connectivity index (χ0n) is 16.4. The van der Waals surface area contributed by atoms with Crippen molar-refractivity contribution in [3.8, 4) is 5.75 Å². The number of benzene rings is 2. The van der Waals surface area contributed by atoms with Crippen LogP contribution in [-0.2, 0) is 11.2 Å². The zero-order chi connectivity index (χ0) is 21.1. The molecule has 2 aromatic heterocycles. The van der Waals surface area contributed by atoms with Crippen LogP contribution in [0.3, 0.4) is 0 Å². The lowest BCUT2D eigenvalue weighted by Gasteiger charge is -2.02. The van der Waals surface area contributed by atoms with Gasteiger partial charge < -0.3 is 9.15 Å². The van der Waals surface area contributed by atoms with Gasteiger partial charge in [0.05, 0.1) is 7.11 Å². The van der Waals surface area contributed by atoms with Gasteiger partial charge in [0.15, 0.2) is 5.13 Å². The molecule has 7 heteroatoms. The number of rotatable bonds is 6. The minimum absolute atomic E-state index is 0.271. The van der Waals surface area contributed by atoms with E-state index in [1.165, 1.54) is 17.4 Å². The molecule has 0 saturated heterocycles. The Morgan fingerprint density at radius 3 is 2.93 bits per heavy atom. The van der Waals surface area contributed by atoms with Gasteiger partial charge >= 0.3 is 0 Å². The number of furan rings is 1. The van der Waals surface area contributed by atoms with Gasteiger partial charge in [-0.2, -0.15) is 0 Å². The lowest BCUT2D eigenvalue weighted by Crippen LogP contribution is -2.06. The quantitative estimate of drug-likeness (QED) is 0.369. The van der Waals surface area contributed by atoms with E-state index in [0.29, 0.717) is 17.3 Å². The van der Waals surface area contributed by atoms with Crippen LogP contribution in [0.5, 0.6) is 5.75 Å². The van der Waals surface area contributed by atoms with Crippen molar-refractivity contribution >= 4 is 51.0 Å². The number of hydrogen-bond donors (Lipinski definition) is 1. The van der Waals surface area contributed by atoms with Crippen molar-refractivity contribution < 1.29 is 13.9 Å². The van der Waals surface area contributed by atoms with Gasteiger partial charge in [-0.05, 0) is 54.5 Å². The molecule has 0 unspecified atom stereocenters. The summed E-state index contributed by atoms with van der Waals surface area (Å²) < 4.78 is 10.9. The van der Waals surface area contributed by atoms with Crippen molar-refractivity contribution in [2.45, 2.75) is 13.3 Å². The van der Waals surface area contributed by atoms with E-state index in [-0.39, 0.29) is 5.91 Å². The number of fused-ring (bicyclic) bond motifs is 1. The number of carbonyl (C=O) groups excluding carboxylic acids is 1. The number of aryl methyl sites for hydroxylation is 1. The third-order valence-electron chi connectivity index (χ3n) is 4.54. The molecule has 2 heterocycles. The van der Waals surface area contributed by atoms with E-state index in [2.05, 4.69) is 10.3 Å². The van der Waals surface area contributed by atoms with Gasteiger partial charge in [-0.1, -0.05) is 23.7 Å². The van der Waals surface area contributed by atoms with Gasteiger partial charge in [-0.25, -0.2) is 4.98 Å². The van der Waals surface area contributed by atoms with Crippen LogP contribution in [0.4, 0.5) is 5.13 Å². The van der Waals surface area contributed by atoms with Crippen LogP contribution >= 0.6 is 22.9 Å². The molecule has 0 bridgehead atoms. The summed E-state index contributed by atoms with van der Waals surface area (Å²) in [5.41, 5.74) is 2.89. The van der Waals surface area contributed by atoms with Crippen molar-refractivity contribution in [3.63, 3.8) is 0 Å². The Hall–Kier alpha value is -3.09. The zero-order valence-corrected chi connectivity index (χ0v) is 18.0. The normalized spacial score (nSPS) is 11.3. The molecular formula is C23H19ClN2O3S. The van der Waals surface area contributed by atoms with E-state index in [4.69, 9.17) is 20.8 Å². The standard InChI is InChI=1S/C23H19ClN2O3S/c1-14-3-4-15(10-20(14)24)9-19-13-25-23(30-19)26-22(27)8-6-18-12-16-11-17(28-2)5-7-21(16)29-18/h3-8,10-13H,9H2,1-2H3,(H,25,26,27). The van der Waals surface area contributed by atoms with Crippen LogP contribution in [0, 0.1) is 6.92 Å². The van der Waals surface area contributed by atoms with E-state index in [1.54, 1.807) is 19.4 Å². The van der Waals surface area contributed by atoms with Crippen molar-refractivity contribution in [2.75, 3.05) is 12.4 Å². The van der Waals surface area contributed by atoms with Crippen molar-refractivity contribution in [3.05, 3.63) is 81.5 Å². The maximum Gasteiger partial charge on any atom is 0.250 e. The third-order valence-corrected chi connectivity index (χ3v) is 5.86. The number of anilines is 1. The lowest BCUT2D eigenvalue weighted by atomic mass is 10.1. The van der Waals surface area contributed by atoms with Crippen LogP contribution in [0.1, 0.15) is 21.8 Å². The van der Waals surface area contributed by atoms with E-state index in [1.807, 2.05) is 49.4 Å². The van der Waals surface area contributed by atoms with Gasteiger partial charge in [0.1, 0.15) is 17.1 Å². The summed E-state index contributed by atoms with van der Waals surface area (Å²) in [4.78, 5) is 17.6. The largest absolute Gasteiger partial charge is 0.497 e. The Balaban J connectivity index is 1.38. The lowest BCUT2D eigenvalue weighted by molar-refractivity contribution is -0.111. The molecule has 1 N–H and O–H groups in total. The number of aromatic nitrogens is 1. The second kappa shape index (κ2) is 8.73. The molecule has 0 fully saturated rings. The molecule has 30 heavy (non-hydrogen) atoms. The molecule has 0 spiro atoms. The Labute approximate surface area is 183 Å². The molecule has 0 atom stereocenters. The fourth-order valence-electron chi connectivity index (χ4n) is 2.95. The van der Waals surface area contributed by atoms with E-state index in [0.717, 1.165) is 37.7 Å². The first-order valence-corrected chi connectivity index (χ1v) is 10.5. The predicted octanol–water partition coefficient (Wildman–Crippen LogP) is 6.10. The number of methoxy groups -OCH3 is 1. The number of thiazole rings is 1. The highest BCUT2D eigenvalue weighted by Gasteiger charge is 2.08. The van der Waals surface area contributed by atoms with Gasteiger partial charge in [-0.3, -0.25) is 10.1 Å². The SMILES string of the molecule is COc1ccc2oc(C=CC(=O)Nc3ncc(Cc4ccc(C)c(Cl)c4)s3)cc2c1. The Bertz CT molecular complexity index is 1240. The second-order valence-corrected chi connectivity index (χ2v) is 8.29. The van der Waals surface area contributed by atoms with Gasteiger partial charge in [-0.15, -0.1) is 11.3 Å². The van der Waals surface area contributed by atoms with E-state index < -0.39 is 0 Å². The number of ether oxygens (including phenoxy) is 1. The molecule has 4 rings (SSSR count). The summed E-state index contributed by atoms with van der Waals surface area (Å²) >= 11 is 7.63. The average Bonchev–Trinajstić information content (AvgIpc) is 3.34. The van der Waals surface area contributed by atoms with Crippen LogP contribution in [0.2, 0.25) is 5.02 Å². The van der Waals surface area contributed by atoms with Crippen LogP contribution in [0.15, 0.2) is 59.2 Å². The van der Waals surface area contributed by atoms with Crippen LogP contribution in [0.25, 0.3) is 17.0 Å². The van der Waals surface area contributed by atoms with Crippen LogP contribution in [-0.4, -0.2) is 18.0 Å². The van der Waals surface area contributed by atoms with Crippen LogP contribution < -0.4 is 10.1 Å². The van der Waals surface area contributed by atoms with Gasteiger partial charge in [0.2, 0.25) is 5.91 Å². The predicted molar refractivity (Wildman–Crippen MR) is 122 cm³/mol. The molecule has 1 amide bonds. The molecule has 152 valence electrons. The number of nitrogens with zero attached hydrogens (tertiary/aromatic N) is 1. The summed E-state index contributed by atoms with van der Waals surface area (Å²) in [6.45, 7) is 1.97. The molecule has 0 aliphatic heterocycles. The highest BCUT2D eigenvalue weighted by Crippen LogP contribution is 2.26. The summed E-state index contributed by atoms with van der Waals surface area (Å²) in [6, 6.07) is 13.4. The third kappa shape index (κ3) is 4.72. The summed E-state index contributed by atoms with van der Waals surface area (Å²) in [6.07, 6.45) is 5.54. The summed E-state index contributed by atoms with van der Waals surface area (Å²) in [7, 11) is 1.62. The van der Waals surface area contributed by atoms with Crippen molar-refractivity contribution in [1.29, 1.82) is 0 Å². The molecule has 5 nitrogen and oxygen atoms in total. The Morgan fingerprint density at radius 1 is 1.27 bits per heavy atom. The first kappa shape index (κ1) is 20.2. The van der Waals surface area contributed by atoms with Crippen molar-refractivity contribution in [2.24, 2.45) is 0 Å². The minimum atomic E-state index is -0.271. The molecule has 0 radical (unpaired) electrons. The Kier molecular flexibility index (Phi) is 5.88.